The van der Waals surface area contributed by atoms with Crippen LogP contribution in [-0.4, -0.2) is 26.9 Å². The van der Waals surface area contributed by atoms with Crippen LogP contribution in [0.3, 0.4) is 0 Å². The molecule has 1 saturated carbocycles. The van der Waals surface area contributed by atoms with Gasteiger partial charge >= 0.3 is 0 Å². The van der Waals surface area contributed by atoms with E-state index in [1.54, 1.807) is 0 Å². The number of rotatable bonds is 10. The first-order chi connectivity index (χ1) is 9.83. The Bertz CT molecular complexity index is 373. The fraction of sp³-hybridized carbons (Fsp3) is 0.647. The van der Waals surface area contributed by atoms with E-state index >= 15 is 0 Å². The summed E-state index contributed by atoms with van der Waals surface area (Å²) in [5.74, 6) is 1.89. The normalized spacial score (nSPS) is 16.1. The maximum Gasteiger partial charge on any atom is 0.119 e. The maximum absolute atomic E-state index is 5.79. The molecular formula is C17H27NO2. The standard InChI is InChI=1S/C17H27NO2/c1-3-11-20-16-8-6-15(7-9-16)17(18-2)13-19-12-10-14-4-5-14/h6-9,14,17-18H,3-5,10-13H2,1-2H3. The summed E-state index contributed by atoms with van der Waals surface area (Å²) < 4.78 is 11.4. The van der Waals surface area contributed by atoms with Gasteiger partial charge in [0.05, 0.1) is 19.3 Å². The summed E-state index contributed by atoms with van der Waals surface area (Å²) in [5.41, 5.74) is 1.25. The van der Waals surface area contributed by atoms with Crippen LogP contribution in [0.1, 0.15) is 44.2 Å². The fourth-order valence-corrected chi connectivity index (χ4v) is 2.22. The predicted octanol–water partition coefficient (Wildman–Crippen LogP) is 3.55. The van der Waals surface area contributed by atoms with Gasteiger partial charge in [-0.2, -0.15) is 0 Å². The van der Waals surface area contributed by atoms with Gasteiger partial charge in [-0.05, 0) is 43.5 Å². The van der Waals surface area contributed by atoms with Crippen LogP contribution >= 0.6 is 0 Å². The molecule has 2 rings (SSSR count). The molecule has 20 heavy (non-hydrogen) atoms. The van der Waals surface area contributed by atoms with Crippen molar-refractivity contribution in [2.45, 2.75) is 38.6 Å². The molecule has 0 bridgehead atoms. The van der Waals surface area contributed by atoms with Gasteiger partial charge in [0.2, 0.25) is 0 Å². The second-order valence-electron chi connectivity index (χ2n) is 5.57. The second kappa shape index (κ2) is 8.28. The van der Waals surface area contributed by atoms with Crippen LogP contribution in [0, 0.1) is 5.92 Å². The Morgan fingerprint density at radius 2 is 1.95 bits per heavy atom. The van der Waals surface area contributed by atoms with Crippen molar-refractivity contribution in [1.82, 2.24) is 5.32 Å². The van der Waals surface area contributed by atoms with Crippen LogP contribution in [0.2, 0.25) is 0 Å². The summed E-state index contributed by atoms with van der Waals surface area (Å²) in [7, 11) is 1.98. The molecule has 0 saturated heterocycles. The number of benzene rings is 1. The van der Waals surface area contributed by atoms with Gasteiger partial charge in [-0.3, -0.25) is 0 Å². The Morgan fingerprint density at radius 3 is 2.55 bits per heavy atom. The molecule has 1 atom stereocenters. The molecule has 1 N–H and O–H groups in total. The highest BCUT2D eigenvalue weighted by molar-refractivity contribution is 5.29. The average Bonchev–Trinajstić information content (AvgIpc) is 3.30. The van der Waals surface area contributed by atoms with E-state index in [-0.39, 0.29) is 6.04 Å². The number of likely N-dealkylation sites (N-methyl/N-ethyl adjacent to an activating group) is 1. The predicted molar refractivity (Wildman–Crippen MR) is 82.2 cm³/mol. The molecular weight excluding hydrogens is 250 g/mol. The minimum absolute atomic E-state index is 0.259. The molecule has 1 aliphatic carbocycles. The van der Waals surface area contributed by atoms with Gasteiger partial charge in [0.25, 0.3) is 0 Å². The molecule has 112 valence electrons. The van der Waals surface area contributed by atoms with Crippen molar-refractivity contribution in [3.05, 3.63) is 29.8 Å². The van der Waals surface area contributed by atoms with E-state index < -0.39 is 0 Å². The zero-order chi connectivity index (χ0) is 14.2. The van der Waals surface area contributed by atoms with Gasteiger partial charge in [0, 0.05) is 6.61 Å². The van der Waals surface area contributed by atoms with Gasteiger partial charge in [-0.1, -0.05) is 31.9 Å². The third-order valence-electron chi connectivity index (χ3n) is 3.76. The number of nitrogens with one attached hydrogen (secondary N) is 1. The molecule has 0 radical (unpaired) electrons. The lowest BCUT2D eigenvalue weighted by Gasteiger charge is -2.17. The van der Waals surface area contributed by atoms with E-state index in [4.69, 9.17) is 9.47 Å². The summed E-state index contributed by atoms with van der Waals surface area (Å²) in [6.07, 6.45) is 5.06. The third kappa shape index (κ3) is 5.14. The maximum atomic E-state index is 5.79. The topological polar surface area (TPSA) is 30.5 Å². The Hall–Kier alpha value is -1.06. The van der Waals surface area contributed by atoms with Crippen molar-refractivity contribution in [2.24, 2.45) is 5.92 Å². The van der Waals surface area contributed by atoms with Gasteiger partial charge < -0.3 is 14.8 Å². The second-order valence-corrected chi connectivity index (χ2v) is 5.57. The molecule has 1 aromatic rings. The quantitative estimate of drug-likeness (QED) is 0.663. The van der Waals surface area contributed by atoms with Crippen LogP contribution in [0.15, 0.2) is 24.3 Å². The molecule has 0 aromatic heterocycles. The molecule has 0 amide bonds. The van der Waals surface area contributed by atoms with Crippen molar-refractivity contribution in [1.29, 1.82) is 0 Å². The van der Waals surface area contributed by atoms with Crippen molar-refractivity contribution < 1.29 is 9.47 Å². The van der Waals surface area contributed by atoms with E-state index in [1.165, 1.54) is 24.8 Å². The van der Waals surface area contributed by atoms with Gasteiger partial charge in [-0.15, -0.1) is 0 Å². The molecule has 3 heteroatoms. The van der Waals surface area contributed by atoms with Gasteiger partial charge in [0.1, 0.15) is 5.75 Å². The van der Waals surface area contributed by atoms with Crippen LogP contribution in [0.5, 0.6) is 5.75 Å². The van der Waals surface area contributed by atoms with E-state index in [0.29, 0.717) is 0 Å². The largest absolute Gasteiger partial charge is 0.494 e. The summed E-state index contributed by atoms with van der Waals surface area (Å²) in [5, 5.41) is 3.32. The number of hydrogen-bond donors (Lipinski definition) is 1. The fourth-order valence-electron chi connectivity index (χ4n) is 2.22. The highest BCUT2D eigenvalue weighted by Crippen LogP contribution is 2.32. The Morgan fingerprint density at radius 1 is 1.20 bits per heavy atom. The average molecular weight is 277 g/mol. The Kier molecular flexibility index (Phi) is 6.34. The molecule has 1 aliphatic rings. The van der Waals surface area contributed by atoms with E-state index in [1.807, 2.05) is 19.2 Å². The highest BCUT2D eigenvalue weighted by Gasteiger charge is 2.20. The van der Waals surface area contributed by atoms with Crippen molar-refractivity contribution in [3.8, 4) is 5.75 Å². The van der Waals surface area contributed by atoms with Gasteiger partial charge in [-0.25, -0.2) is 0 Å². The number of ether oxygens (including phenoxy) is 2. The van der Waals surface area contributed by atoms with Crippen LogP contribution < -0.4 is 10.1 Å². The van der Waals surface area contributed by atoms with Gasteiger partial charge in [0.15, 0.2) is 0 Å². The molecule has 0 aliphatic heterocycles. The molecule has 0 heterocycles. The lowest BCUT2D eigenvalue weighted by molar-refractivity contribution is 0.108. The summed E-state index contributed by atoms with van der Waals surface area (Å²) >= 11 is 0. The monoisotopic (exact) mass is 277 g/mol. The first-order valence-electron chi connectivity index (χ1n) is 7.81. The Labute approximate surface area is 122 Å². The van der Waals surface area contributed by atoms with Crippen LogP contribution in [-0.2, 0) is 4.74 Å². The van der Waals surface area contributed by atoms with E-state index in [0.717, 1.165) is 37.9 Å². The van der Waals surface area contributed by atoms with Crippen molar-refractivity contribution in [3.63, 3.8) is 0 Å². The number of hydrogen-bond acceptors (Lipinski definition) is 3. The molecule has 1 aromatic carbocycles. The van der Waals surface area contributed by atoms with Crippen LogP contribution in [0.4, 0.5) is 0 Å². The third-order valence-corrected chi connectivity index (χ3v) is 3.76. The van der Waals surface area contributed by atoms with E-state index in [9.17, 15) is 0 Å². The minimum atomic E-state index is 0.259. The highest BCUT2D eigenvalue weighted by atomic mass is 16.5. The summed E-state index contributed by atoms with van der Waals surface area (Å²) in [6.45, 7) is 4.52. The summed E-state index contributed by atoms with van der Waals surface area (Å²) in [4.78, 5) is 0. The lowest BCUT2D eigenvalue weighted by atomic mass is 10.1. The minimum Gasteiger partial charge on any atom is -0.494 e. The Balaban J connectivity index is 1.76. The first kappa shape index (κ1) is 15.3. The SMILES string of the molecule is CCCOc1ccc(C(COCCC2CC2)NC)cc1. The zero-order valence-corrected chi connectivity index (χ0v) is 12.7. The lowest BCUT2D eigenvalue weighted by Crippen LogP contribution is -2.22. The van der Waals surface area contributed by atoms with Crippen LogP contribution in [0.25, 0.3) is 0 Å². The first-order valence-corrected chi connectivity index (χ1v) is 7.81. The zero-order valence-electron chi connectivity index (χ0n) is 12.7. The molecule has 1 unspecified atom stereocenters. The van der Waals surface area contributed by atoms with Crippen molar-refractivity contribution in [2.75, 3.05) is 26.9 Å². The molecule has 3 nitrogen and oxygen atoms in total. The molecule has 1 fully saturated rings. The van der Waals surface area contributed by atoms with E-state index in [2.05, 4.69) is 24.4 Å². The van der Waals surface area contributed by atoms with Crippen molar-refractivity contribution >= 4 is 0 Å². The summed E-state index contributed by atoms with van der Waals surface area (Å²) in [6, 6.07) is 8.58. The smallest absolute Gasteiger partial charge is 0.119 e. The molecule has 0 spiro atoms.